The molecular weight excluding hydrogens is 303 g/mol. The fourth-order valence-electron chi connectivity index (χ4n) is 3.92. The van der Waals surface area contributed by atoms with Gasteiger partial charge in [0.1, 0.15) is 0 Å². The second-order valence-corrected chi connectivity index (χ2v) is 7.69. The van der Waals surface area contributed by atoms with Crippen molar-refractivity contribution in [3.05, 3.63) is 28.2 Å². The molecule has 3 rings (SSSR count). The highest BCUT2D eigenvalue weighted by Gasteiger charge is 2.42. The maximum Gasteiger partial charge on any atom is 0.0748 e. The van der Waals surface area contributed by atoms with E-state index in [1.54, 1.807) is 0 Å². The van der Waals surface area contributed by atoms with E-state index in [-0.39, 0.29) is 5.54 Å². The van der Waals surface area contributed by atoms with Crippen LogP contribution < -0.4 is 10.2 Å². The minimum atomic E-state index is 0.258. The average Bonchev–Trinajstić information content (AvgIpc) is 2.86. The van der Waals surface area contributed by atoms with Crippen LogP contribution in [0.3, 0.4) is 0 Å². The third-order valence-corrected chi connectivity index (χ3v) is 5.72. The van der Waals surface area contributed by atoms with Gasteiger partial charge in [0, 0.05) is 24.7 Å². The fraction of sp³-hybridized carbons (Fsp3) is 0.647. The van der Waals surface area contributed by atoms with Crippen molar-refractivity contribution in [2.75, 3.05) is 18.0 Å². The molecule has 0 radical (unpaired) electrons. The molecule has 0 bridgehead atoms. The summed E-state index contributed by atoms with van der Waals surface area (Å²) >= 11 is 13.0. The summed E-state index contributed by atoms with van der Waals surface area (Å²) in [5.41, 5.74) is 1.28. The molecule has 2 fully saturated rings. The van der Waals surface area contributed by atoms with Crippen molar-refractivity contribution in [1.29, 1.82) is 0 Å². The maximum absolute atomic E-state index is 6.48. The predicted octanol–water partition coefficient (Wildman–Crippen LogP) is 4.74. The standard InChI is InChI=1S/C17H24Cl2N2/c1-12(2)15-10-20-17(8-3-4-9-17)11-21(15)16-13(18)6-5-7-14(16)19/h5-7,12,15,20H,3-4,8-11H2,1-2H3. The van der Waals surface area contributed by atoms with Crippen LogP contribution in [0, 0.1) is 5.92 Å². The van der Waals surface area contributed by atoms with E-state index in [0.29, 0.717) is 12.0 Å². The maximum atomic E-state index is 6.48. The molecule has 0 amide bonds. The lowest BCUT2D eigenvalue weighted by Gasteiger charge is -2.49. The monoisotopic (exact) mass is 326 g/mol. The van der Waals surface area contributed by atoms with Crippen molar-refractivity contribution in [2.24, 2.45) is 5.92 Å². The number of anilines is 1. The van der Waals surface area contributed by atoms with Crippen molar-refractivity contribution in [3.8, 4) is 0 Å². The predicted molar refractivity (Wildman–Crippen MR) is 91.6 cm³/mol. The smallest absolute Gasteiger partial charge is 0.0748 e. The van der Waals surface area contributed by atoms with Crippen LogP contribution >= 0.6 is 23.2 Å². The Labute approximate surface area is 137 Å². The Balaban J connectivity index is 1.97. The Kier molecular flexibility index (Phi) is 4.40. The first kappa shape index (κ1) is 15.5. The van der Waals surface area contributed by atoms with Gasteiger partial charge in [-0.05, 0) is 30.9 Å². The van der Waals surface area contributed by atoms with Gasteiger partial charge in [0.05, 0.1) is 15.7 Å². The van der Waals surface area contributed by atoms with Gasteiger partial charge in [0.2, 0.25) is 0 Å². The summed E-state index contributed by atoms with van der Waals surface area (Å²) < 4.78 is 0. The molecule has 2 nitrogen and oxygen atoms in total. The first-order chi connectivity index (χ1) is 10.0. The molecule has 116 valence electrons. The number of hydrogen-bond acceptors (Lipinski definition) is 2. The largest absolute Gasteiger partial charge is 0.363 e. The first-order valence-corrected chi connectivity index (χ1v) is 8.74. The molecule has 1 N–H and O–H groups in total. The van der Waals surface area contributed by atoms with Crippen molar-refractivity contribution >= 4 is 28.9 Å². The number of rotatable bonds is 2. The molecular formula is C17H24Cl2N2. The van der Waals surface area contributed by atoms with Gasteiger partial charge < -0.3 is 10.2 Å². The topological polar surface area (TPSA) is 15.3 Å². The van der Waals surface area contributed by atoms with Gasteiger partial charge in [-0.15, -0.1) is 0 Å². The Morgan fingerprint density at radius 2 is 1.81 bits per heavy atom. The average molecular weight is 327 g/mol. The van der Waals surface area contributed by atoms with Crippen molar-refractivity contribution in [2.45, 2.75) is 51.1 Å². The molecule has 0 aromatic heterocycles. The van der Waals surface area contributed by atoms with Crippen LogP contribution in [0.5, 0.6) is 0 Å². The lowest BCUT2D eigenvalue weighted by atomic mass is 9.88. The molecule has 1 saturated carbocycles. The lowest BCUT2D eigenvalue weighted by Crippen LogP contribution is -2.64. The Morgan fingerprint density at radius 3 is 2.38 bits per heavy atom. The fourth-order valence-corrected chi connectivity index (χ4v) is 4.54. The molecule has 1 unspecified atom stereocenters. The first-order valence-electron chi connectivity index (χ1n) is 7.98. The molecule has 1 aliphatic carbocycles. The Bertz CT molecular complexity index is 489. The van der Waals surface area contributed by atoms with E-state index in [1.807, 2.05) is 18.2 Å². The quantitative estimate of drug-likeness (QED) is 0.844. The molecule has 1 heterocycles. The summed E-state index contributed by atoms with van der Waals surface area (Å²) in [6.45, 7) is 6.58. The zero-order chi connectivity index (χ0) is 15.0. The van der Waals surface area contributed by atoms with Gasteiger partial charge in [-0.2, -0.15) is 0 Å². The van der Waals surface area contributed by atoms with E-state index < -0.39 is 0 Å². The Hall–Kier alpha value is -0.440. The van der Waals surface area contributed by atoms with Crippen molar-refractivity contribution < 1.29 is 0 Å². The number of nitrogens with one attached hydrogen (secondary N) is 1. The van der Waals surface area contributed by atoms with E-state index in [0.717, 1.165) is 28.8 Å². The summed E-state index contributed by atoms with van der Waals surface area (Å²) in [6, 6.07) is 6.26. The molecule has 1 aliphatic heterocycles. The number of benzene rings is 1. The summed E-state index contributed by atoms with van der Waals surface area (Å²) in [5, 5.41) is 5.37. The van der Waals surface area contributed by atoms with Crippen LogP contribution in [0.25, 0.3) is 0 Å². The number of nitrogens with zero attached hydrogens (tertiary/aromatic N) is 1. The third-order valence-electron chi connectivity index (χ3n) is 5.11. The second-order valence-electron chi connectivity index (χ2n) is 6.88. The number of hydrogen-bond donors (Lipinski definition) is 1. The van der Waals surface area contributed by atoms with E-state index >= 15 is 0 Å². The van der Waals surface area contributed by atoms with E-state index in [9.17, 15) is 0 Å². The zero-order valence-electron chi connectivity index (χ0n) is 12.8. The van der Waals surface area contributed by atoms with Gasteiger partial charge >= 0.3 is 0 Å². The van der Waals surface area contributed by atoms with Crippen LogP contribution in [0.15, 0.2) is 18.2 Å². The van der Waals surface area contributed by atoms with Gasteiger partial charge in [-0.3, -0.25) is 0 Å². The summed E-state index contributed by atoms with van der Waals surface area (Å²) in [4.78, 5) is 2.47. The molecule has 4 heteroatoms. The molecule has 1 saturated heterocycles. The Morgan fingerprint density at radius 1 is 1.19 bits per heavy atom. The van der Waals surface area contributed by atoms with Crippen LogP contribution in [-0.2, 0) is 0 Å². The minimum Gasteiger partial charge on any atom is -0.363 e. The highest BCUT2D eigenvalue weighted by Crippen LogP contribution is 2.41. The molecule has 1 aromatic rings. The van der Waals surface area contributed by atoms with E-state index in [1.165, 1.54) is 25.7 Å². The second kappa shape index (κ2) is 5.98. The summed E-state index contributed by atoms with van der Waals surface area (Å²) in [6.07, 6.45) is 5.17. The van der Waals surface area contributed by atoms with Crippen molar-refractivity contribution in [3.63, 3.8) is 0 Å². The normalized spacial score (nSPS) is 25.0. The summed E-state index contributed by atoms with van der Waals surface area (Å²) in [7, 11) is 0. The van der Waals surface area contributed by atoms with Crippen LogP contribution in [-0.4, -0.2) is 24.7 Å². The highest BCUT2D eigenvalue weighted by atomic mass is 35.5. The molecule has 21 heavy (non-hydrogen) atoms. The summed E-state index contributed by atoms with van der Waals surface area (Å²) in [5.74, 6) is 0.559. The molecule has 1 atom stereocenters. The minimum absolute atomic E-state index is 0.258. The van der Waals surface area contributed by atoms with Crippen LogP contribution in [0.2, 0.25) is 10.0 Å². The number of para-hydroxylation sites is 1. The number of piperazine rings is 1. The lowest BCUT2D eigenvalue weighted by molar-refractivity contribution is 0.246. The molecule has 1 spiro atoms. The molecule has 1 aromatic carbocycles. The van der Waals surface area contributed by atoms with Gasteiger partial charge in [0.25, 0.3) is 0 Å². The van der Waals surface area contributed by atoms with Gasteiger partial charge in [-0.25, -0.2) is 0 Å². The molecule has 2 aliphatic rings. The van der Waals surface area contributed by atoms with E-state index in [4.69, 9.17) is 23.2 Å². The van der Waals surface area contributed by atoms with Crippen LogP contribution in [0.1, 0.15) is 39.5 Å². The van der Waals surface area contributed by atoms with Gasteiger partial charge in [0.15, 0.2) is 0 Å². The van der Waals surface area contributed by atoms with Gasteiger partial charge in [-0.1, -0.05) is 56.0 Å². The van der Waals surface area contributed by atoms with E-state index in [2.05, 4.69) is 24.1 Å². The SMILES string of the molecule is CC(C)C1CNC2(CCCC2)CN1c1c(Cl)cccc1Cl. The third kappa shape index (κ3) is 2.91. The number of halogens is 2. The zero-order valence-corrected chi connectivity index (χ0v) is 14.3. The van der Waals surface area contributed by atoms with Crippen molar-refractivity contribution in [1.82, 2.24) is 5.32 Å². The van der Waals surface area contributed by atoms with Crippen LogP contribution in [0.4, 0.5) is 5.69 Å². The highest BCUT2D eigenvalue weighted by molar-refractivity contribution is 6.39.